The van der Waals surface area contributed by atoms with Gasteiger partial charge < -0.3 is 14.4 Å². The number of hydrogen-bond donors (Lipinski definition) is 2. The van der Waals surface area contributed by atoms with Gasteiger partial charge in [-0.3, -0.25) is 24.6 Å². The van der Waals surface area contributed by atoms with Crippen LogP contribution in [-0.2, 0) is 21.5 Å². The van der Waals surface area contributed by atoms with E-state index in [1.165, 1.54) is 23.7 Å². The highest BCUT2D eigenvalue weighted by Gasteiger charge is 2.28. The van der Waals surface area contributed by atoms with Gasteiger partial charge in [0.25, 0.3) is 0 Å². The van der Waals surface area contributed by atoms with Crippen LogP contribution in [0.25, 0.3) is 33.2 Å². The Morgan fingerprint density at radius 2 is 1.81 bits per heavy atom. The number of carbonyl (C=O) groups excluding carboxylic acids is 3. The second kappa shape index (κ2) is 16.1. The molecule has 2 atom stereocenters. The summed E-state index contributed by atoms with van der Waals surface area (Å²) in [6, 6.07) is 18.4. The molecule has 5 heterocycles. The van der Waals surface area contributed by atoms with E-state index in [4.69, 9.17) is 4.52 Å². The Labute approximate surface area is 340 Å². The second-order valence-electron chi connectivity index (χ2n) is 16.4. The van der Waals surface area contributed by atoms with E-state index in [0.29, 0.717) is 47.6 Å². The number of hydrogen-bond acceptors (Lipinski definition) is 11. The minimum absolute atomic E-state index is 0.0791. The maximum atomic E-state index is 16.3. The first-order valence-corrected chi connectivity index (χ1v) is 20.7. The molecule has 2 amide bonds. The number of aromatic amines is 1. The van der Waals surface area contributed by atoms with Gasteiger partial charge in [-0.05, 0) is 72.7 Å². The van der Waals surface area contributed by atoms with Crippen LogP contribution in [0.3, 0.4) is 0 Å². The Hall–Kier alpha value is -5.47. The van der Waals surface area contributed by atoms with Gasteiger partial charge in [-0.2, -0.15) is 4.98 Å². The topological polar surface area (TPSA) is 150 Å². The summed E-state index contributed by atoms with van der Waals surface area (Å²) < 4.78 is 21.6. The molecule has 0 saturated carbocycles. The summed E-state index contributed by atoms with van der Waals surface area (Å²) >= 11 is 1.51. The Morgan fingerprint density at radius 1 is 1.03 bits per heavy atom. The molecular weight excluding hydrogens is 756 g/mol. The molecule has 14 heteroatoms. The van der Waals surface area contributed by atoms with E-state index in [0.717, 1.165) is 65.2 Å². The number of ketones is 1. The Bertz CT molecular complexity index is 2520. The zero-order valence-electron chi connectivity index (χ0n) is 33.4. The molecule has 0 spiro atoms. The number of H-pyrrole nitrogens is 1. The smallest absolute Gasteiger partial charge is 0.240 e. The first-order chi connectivity index (χ1) is 27.8. The molecule has 2 N–H and O–H groups in total. The number of aromatic nitrogens is 5. The number of carbonyl (C=O) groups is 3. The van der Waals surface area contributed by atoms with Crippen molar-refractivity contribution in [2.45, 2.75) is 88.3 Å². The lowest BCUT2D eigenvalue weighted by atomic mass is 9.89. The third-order valence-electron chi connectivity index (χ3n) is 11.2. The summed E-state index contributed by atoms with van der Waals surface area (Å²) in [5.41, 5.74) is 5.84. The average molecular weight is 803 g/mol. The highest BCUT2D eigenvalue weighted by molar-refractivity contribution is 8.00. The van der Waals surface area contributed by atoms with Crippen LogP contribution in [0.2, 0.25) is 0 Å². The number of fused-ring (bicyclic) bond motifs is 3. The van der Waals surface area contributed by atoms with Gasteiger partial charge >= 0.3 is 0 Å². The van der Waals surface area contributed by atoms with Crippen molar-refractivity contribution in [1.82, 2.24) is 35.3 Å². The number of nitrogens with one attached hydrogen (secondary N) is 2. The summed E-state index contributed by atoms with van der Waals surface area (Å²) in [5.74, 6) is -0.513. The van der Waals surface area contributed by atoms with Crippen molar-refractivity contribution in [3.05, 3.63) is 95.1 Å². The number of rotatable bonds is 11. The van der Waals surface area contributed by atoms with Gasteiger partial charge in [-0.15, -0.1) is 11.8 Å². The highest BCUT2D eigenvalue weighted by Crippen LogP contribution is 2.38. The predicted octanol–water partition coefficient (Wildman–Crippen LogP) is 7.89. The minimum Gasteiger partial charge on any atom is -0.369 e. The van der Waals surface area contributed by atoms with Crippen LogP contribution in [0.15, 0.2) is 70.3 Å². The van der Waals surface area contributed by atoms with Gasteiger partial charge in [-0.1, -0.05) is 57.1 Å². The highest BCUT2D eigenvalue weighted by atomic mass is 32.2. The van der Waals surface area contributed by atoms with Crippen LogP contribution in [-0.4, -0.2) is 79.0 Å². The lowest BCUT2D eigenvalue weighted by molar-refractivity contribution is -0.132. The lowest BCUT2D eigenvalue weighted by Gasteiger charge is -2.36. The third kappa shape index (κ3) is 8.12. The molecule has 8 rings (SSSR count). The maximum absolute atomic E-state index is 16.3. The van der Waals surface area contributed by atoms with Crippen LogP contribution in [0.5, 0.6) is 0 Å². The van der Waals surface area contributed by atoms with Gasteiger partial charge in [0.05, 0.1) is 16.3 Å². The Kier molecular flexibility index (Phi) is 10.9. The summed E-state index contributed by atoms with van der Waals surface area (Å²) in [6.45, 7) is 14.0. The number of piperazine rings is 1. The minimum atomic E-state index is -0.348. The van der Waals surface area contributed by atoms with Crippen LogP contribution < -0.4 is 10.2 Å². The van der Waals surface area contributed by atoms with Gasteiger partial charge in [0.15, 0.2) is 0 Å². The van der Waals surface area contributed by atoms with Crippen LogP contribution in [0.1, 0.15) is 92.5 Å². The molecule has 2 aliphatic heterocycles. The normalized spacial score (nSPS) is 17.3. The Morgan fingerprint density at radius 3 is 2.53 bits per heavy atom. The zero-order chi connectivity index (χ0) is 40.7. The number of Topliss-reactive ketones (excluding diaryl/α,β-unsaturated/α-hetero) is 1. The van der Waals surface area contributed by atoms with E-state index in [1.807, 2.05) is 33.8 Å². The van der Waals surface area contributed by atoms with E-state index in [9.17, 15) is 14.4 Å². The molecule has 1 unspecified atom stereocenters. The standard InChI is InChI=1S/C44H47FN8O4S/c1-25(6-15-34(54)40-50-43(57-51-40)44(3,4)5)30-13-14-32(38(45)26(30)2)39-37-31-12-9-28(22-33(31)48-41(37)47-24-46-39)53-20-18-52(19-21-53)23-27-7-10-29(11-8-27)58-35-16-17-36(55)49-42(35)56/h7-14,22,24-25,35H,6,15-21,23H2,1-5H3,(H,46,47,48)(H,49,55,56)/t25-,35?/m0/s1. The fourth-order valence-electron chi connectivity index (χ4n) is 7.84. The van der Waals surface area contributed by atoms with Gasteiger partial charge in [0.1, 0.15) is 17.8 Å². The molecule has 58 heavy (non-hydrogen) atoms. The van der Waals surface area contributed by atoms with E-state index in [1.54, 1.807) is 13.0 Å². The summed E-state index contributed by atoms with van der Waals surface area (Å²) in [7, 11) is 0. The molecular formula is C44H47FN8O4S. The Balaban J connectivity index is 0.915. The fraction of sp³-hybridized carbons (Fsp3) is 0.386. The fourth-order valence-corrected chi connectivity index (χ4v) is 8.86. The number of amides is 2. The molecule has 0 bridgehead atoms. The van der Waals surface area contributed by atoms with Crippen molar-refractivity contribution in [2.75, 3.05) is 31.1 Å². The van der Waals surface area contributed by atoms with Crippen molar-refractivity contribution >= 4 is 57.0 Å². The van der Waals surface area contributed by atoms with Gasteiger partial charge in [0.2, 0.25) is 29.3 Å². The first kappa shape index (κ1) is 39.4. The summed E-state index contributed by atoms with van der Waals surface area (Å²) in [4.78, 5) is 59.3. The molecule has 3 aromatic heterocycles. The number of anilines is 1. The summed E-state index contributed by atoms with van der Waals surface area (Å²) in [6.07, 6.45) is 3.15. The number of imide groups is 1. The van der Waals surface area contributed by atoms with Crippen LogP contribution in [0, 0.1) is 12.7 Å². The number of nitrogens with zero attached hydrogens (tertiary/aromatic N) is 6. The molecule has 6 aromatic rings. The van der Waals surface area contributed by atoms with Crippen molar-refractivity contribution in [3.8, 4) is 11.3 Å². The molecule has 2 fully saturated rings. The van der Waals surface area contributed by atoms with E-state index in [2.05, 4.69) is 82.7 Å². The van der Waals surface area contributed by atoms with E-state index < -0.39 is 0 Å². The molecule has 0 aliphatic carbocycles. The second-order valence-corrected chi connectivity index (χ2v) is 17.7. The monoisotopic (exact) mass is 802 g/mol. The van der Waals surface area contributed by atoms with Crippen molar-refractivity contribution in [3.63, 3.8) is 0 Å². The van der Waals surface area contributed by atoms with Crippen molar-refractivity contribution in [1.29, 1.82) is 0 Å². The van der Waals surface area contributed by atoms with E-state index >= 15 is 4.39 Å². The van der Waals surface area contributed by atoms with Gasteiger partial charge in [-0.25, -0.2) is 14.4 Å². The number of thioether (sulfide) groups is 1. The SMILES string of the molecule is Cc1c([C@@H](C)CCC(=O)c2noc(C(C)(C)C)n2)ccc(-c2ncnc3[nH]c4cc(N5CCN(Cc6ccc(SC7CCC(=O)NC7=O)cc6)CC5)ccc4c23)c1F. The average Bonchev–Trinajstić information content (AvgIpc) is 3.86. The molecule has 0 radical (unpaired) electrons. The molecule has 12 nitrogen and oxygen atoms in total. The molecule has 2 aliphatic rings. The number of piperidine rings is 1. The van der Waals surface area contributed by atoms with Crippen molar-refractivity contribution in [2.24, 2.45) is 0 Å². The molecule has 3 aromatic carbocycles. The van der Waals surface area contributed by atoms with E-state index in [-0.39, 0.29) is 52.2 Å². The number of benzene rings is 3. The van der Waals surface area contributed by atoms with Gasteiger partial charge in [0, 0.05) is 78.0 Å². The largest absolute Gasteiger partial charge is 0.369 e. The summed E-state index contributed by atoms with van der Waals surface area (Å²) in [5, 5.41) is 7.78. The third-order valence-corrected chi connectivity index (χ3v) is 12.5. The van der Waals surface area contributed by atoms with Crippen LogP contribution >= 0.6 is 11.8 Å². The first-order valence-electron chi connectivity index (χ1n) is 19.8. The van der Waals surface area contributed by atoms with Crippen molar-refractivity contribution < 1.29 is 23.3 Å². The maximum Gasteiger partial charge on any atom is 0.240 e. The molecule has 300 valence electrons. The predicted molar refractivity (Wildman–Crippen MR) is 222 cm³/mol. The van der Waals surface area contributed by atoms with Crippen LogP contribution in [0.4, 0.5) is 10.1 Å². The lowest BCUT2D eigenvalue weighted by Crippen LogP contribution is -2.45. The zero-order valence-corrected chi connectivity index (χ0v) is 34.2. The molecule has 2 saturated heterocycles. The quantitative estimate of drug-likeness (QED) is 0.0973. The number of halogens is 1.